The minimum Gasteiger partial charge on any atom is -0.386 e. The average Bonchev–Trinajstić information content (AvgIpc) is 2.97. The quantitative estimate of drug-likeness (QED) is 0.798. The minimum absolute atomic E-state index is 0.187. The van der Waals surface area contributed by atoms with Crippen LogP contribution in [0.4, 0.5) is 4.39 Å². The number of aromatic nitrogens is 4. The molecule has 0 aliphatic heterocycles. The summed E-state index contributed by atoms with van der Waals surface area (Å²) in [6.07, 6.45) is -0.722. The molecule has 1 N–H and O–H groups in total. The van der Waals surface area contributed by atoms with Gasteiger partial charge in [0.05, 0.1) is 6.54 Å². The van der Waals surface area contributed by atoms with E-state index < -0.39 is 6.10 Å². The zero-order chi connectivity index (χ0) is 14.7. The van der Waals surface area contributed by atoms with Crippen molar-refractivity contribution in [2.75, 3.05) is 0 Å². The fourth-order valence-electron chi connectivity index (χ4n) is 2.00. The van der Waals surface area contributed by atoms with Gasteiger partial charge in [0, 0.05) is 5.56 Å². The largest absolute Gasteiger partial charge is 0.386 e. The van der Waals surface area contributed by atoms with Gasteiger partial charge in [0.2, 0.25) is 5.82 Å². The molecule has 1 heterocycles. The van der Waals surface area contributed by atoms with Crippen LogP contribution in [0.1, 0.15) is 11.7 Å². The van der Waals surface area contributed by atoms with E-state index in [9.17, 15) is 9.50 Å². The molecule has 6 heteroatoms. The van der Waals surface area contributed by atoms with Crippen molar-refractivity contribution in [1.82, 2.24) is 20.2 Å². The summed E-state index contributed by atoms with van der Waals surface area (Å²) in [6, 6.07) is 15.2. The van der Waals surface area contributed by atoms with Crippen LogP contribution in [0.2, 0.25) is 0 Å². The lowest BCUT2D eigenvalue weighted by atomic mass is 10.1. The number of nitrogens with zero attached hydrogens (tertiary/aromatic N) is 4. The average molecular weight is 284 g/mol. The Balaban J connectivity index is 1.76. The first kappa shape index (κ1) is 13.4. The van der Waals surface area contributed by atoms with Gasteiger partial charge in [0.15, 0.2) is 0 Å². The second-order valence-corrected chi connectivity index (χ2v) is 4.60. The lowest BCUT2D eigenvalue weighted by Gasteiger charge is -2.08. The van der Waals surface area contributed by atoms with Gasteiger partial charge in [-0.05, 0) is 22.9 Å². The molecular weight excluding hydrogens is 271 g/mol. The number of hydrogen-bond acceptors (Lipinski definition) is 4. The number of hydrogen-bond donors (Lipinski definition) is 1. The summed E-state index contributed by atoms with van der Waals surface area (Å²) in [7, 11) is 0. The lowest BCUT2D eigenvalue weighted by Crippen LogP contribution is -2.11. The standard InChI is InChI=1S/C15H13FN4O/c16-13-8-4-7-12(9-13)15-17-19-20(18-15)10-14(21)11-5-2-1-3-6-11/h1-9,14,21H,10H2. The Morgan fingerprint density at radius 3 is 2.67 bits per heavy atom. The number of halogens is 1. The molecule has 106 valence electrons. The summed E-state index contributed by atoms with van der Waals surface area (Å²) in [5, 5.41) is 22.0. The van der Waals surface area contributed by atoms with E-state index in [1.54, 1.807) is 12.1 Å². The molecule has 2 aromatic carbocycles. The molecular formula is C15H13FN4O. The molecule has 5 nitrogen and oxygen atoms in total. The maximum absolute atomic E-state index is 13.2. The molecule has 1 atom stereocenters. The predicted molar refractivity (Wildman–Crippen MR) is 74.6 cm³/mol. The molecule has 0 saturated carbocycles. The van der Waals surface area contributed by atoms with Crippen LogP contribution in [0, 0.1) is 5.82 Å². The Labute approximate surface area is 120 Å². The smallest absolute Gasteiger partial charge is 0.205 e. The molecule has 0 saturated heterocycles. The molecule has 3 aromatic rings. The molecule has 0 fully saturated rings. The number of aliphatic hydroxyl groups excluding tert-OH is 1. The van der Waals surface area contributed by atoms with Crippen molar-refractivity contribution < 1.29 is 9.50 Å². The second-order valence-electron chi connectivity index (χ2n) is 4.60. The van der Waals surface area contributed by atoms with Crippen LogP contribution >= 0.6 is 0 Å². The number of benzene rings is 2. The molecule has 0 spiro atoms. The maximum Gasteiger partial charge on any atom is 0.205 e. The zero-order valence-electron chi connectivity index (χ0n) is 11.1. The highest BCUT2D eigenvalue weighted by Gasteiger charge is 2.12. The van der Waals surface area contributed by atoms with Crippen LogP contribution in [-0.2, 0) is 6.54 Å². The van der Waals surface area contributed by atoms with Crippen molar-refractivity contribution in [3.63, 3.8) is 0 Å². The van der Waals surface area contributed by atoms with Crippen LogP contribution in [-0.4, -0.2) is 25.3 Å². The van der Waals surface area contributed by atoms with Crippen LogP contribution in [0.5, 0.6) is 0 Å². The van der Waals surface area contributed by atoms with Crippen LogP contribution in [0.3, 0.4) is 0 Å². The topological polar surface area (TPSA) is 63.8 Å². The third-order valence-electron chi connectivity index (χ3n) is 3.06. The first-order valence-corrected chi connectivity index (χ1v) is 6.49. The second kappa shape index (κ2) is 5.80. The van der Waals surface area contributed by atoms with Crippen LogP contribution in [0.15, 0.2) is 54.6 Å². The van der Waals surface area contributed by atoms with Gasteiger partial charge in [-0.1, -0.05) is 42.5 Å². The van der Waals surface area contributed by atoms with Gasteiger partial charge >= 0.3 is 0 Å². The number of tetrazole rings is 1. The number of aliphatic hydroxyl groups is 1. The summed E-state index contributed by atoms with van der Waals surface area (Å²) in [5.41, 5.74) is 1.33. The summed E-state index contributed by atoms with van der Waals surface area (Å²) >= 11 is 0. The molecule has 0 aliphatic carbocycles. The third kappa shape index (κ3) is 3.11. The van der Waals surface area contributed by atoms with Crippen molar-refractivity contribution >= 4 is 0 Å². The van der Waals surface area contributed by atoms with Crippen molar-refractivity contribution in [3.05, 3.63) is 66.0 Å². The van der Waals surface area contributed by atoms with Crippen LogP contribution in [0.25, 0.3) is 11.4 Å². The molecule has 21 heavy (non-hydrogen) atoms. The minimum atomic E-state index is -0.722. The first-order chi connectivity index (χ1) is 10.2. The monoisotopic (exact) mass is 284 g/mol. The van der Waals surface area contributed by atoms with E-state index >= 15 is 0 Å². The van der Waals surface area contributed by atoms with Crippen molar-refractivity contribution in [2.24, 2.45) is 0 Å². The summed E-state index contributed by atoms with van der Waals surface area (Å²) < 4.78 is 13.2. The summed E-state index contributed by atoms with van der Waals surface area (Å²) in [5.74, 6) is -0.0251. The Hall–Kier alpha value is -2.60. The van der Waals surface area contributed by atoms with Crippen molar-refractivity contribution in [3.8, 4) is 11.4 Å². The summed E-state index contributed by atoms with van der Waals surface area (Å²) in [4.78, 5) is 1.30. The highest BCUT2D eigenvalue weighted by Crippen LogP contribution is 2.16. The Kier molecular flexibility index (Phi) is 3.70. The third-order valence-corrected chi connectivity index (χ3v) is 3.06. The first-order valence-electron chi connectivity index (χ1n) is 6.49. The highest BCUT2D eigenvalue weighted by molar-refractivity contribution is 5.53. The van der Waals surface area contributed by atoms with E-state index in [-0.39, 0.29) is 12.4 Å². The molecule has 0 amide bonds. The molecule has 0 bridgehead atoms. The normalized spacial score (nSPS) is 12.3. The van der Waals surface area contributed by atoms with Gasteiger partial charge in [-0.2, -0.15) is 4.80 Å². The van der Waals surface area contributed by atoms with Crippen molar-refractivity contribution in [1.29, 1.82) is 0 Å². The Morgan fingerprint density at radius 2 is 1.90 bits per heavy atom. The molecule has 1 unspecified atom stereocenters. The van der Waals surface area contributed by atoms with E-state index in [1.165, 1.54) is 16.9 Å². The summed E-state index contributed by atoms with van der Waals surface area (Å²) in [6.45, 7) is 0.187. The molecule has 3 rings (SSSR count). The number of rotatable bonds is 4. The van der Waals surface area contributed by atoms with Gasteiger partial charge in [0.1, 0.15) is 11.9 Å². The Morgan fingerprint density at radius 1 is 1.10 bits per heavy atom. The zero-order valence-corrected chi connectivity index (χ0v) is 11.1. The van der Waals surface area contributed by atoms with Gasteiger partial charge in [-0.3, -0.25) is 0 Å². The van der Waals surface area contributed by atoms with E-state index in [4.69, 9.17) is 0 Å². The Bertz CT molecular complexity index is 729. The SMILES string of the molecule is OC(Cn1nnc(-c2cccc(F)c2)n1)c1ccccc1. The van der Waals surface area contributed by atoms with E-state index in [0.29, 0.717) is 11.4 Å². The fourth-order valence-corrected chi connectivity index (χ4v) is 2.00. The lowest BCUT2D eigenvalue weighted by molar-refractivity contribution is 0.144. The molecule has 0 radical (unpaired) electrons. The highest BCUT2D eigenvalue weighted by atomic mass is 19.1. The maximum atomic E-state index is 13.2. The van der Waals surface area contributed by atoms with Crippen LogP contribution < -0.4 is 0 Å². The van der Waals surface area contributed by atoms with E-state index in [0.717, 1.165) is 5.56 Å². The molecule has 0 aliphatic rings. The van der Waals surface area contributed by atoms with E-state index in [2.05, 4.69) is 15.4 Å². The van der Waals surface area contributed by atoms with Gasteiger partial charge < -0.3 is 5.11 Å². The van der Waals surface area contributed by atoms with Gasteiger partial charge in [0.25, 0.3) is 0 Å². The van der Waals surface area contributed by atoms with Crippen molar-refractivity contribution in [2.45, 2.75) is 12.6 Å². The van der Waals surface area contributed by atoms with E-state index in [1.807, 2.05) is 30.3 Å². The fraction of sp³-hybridized carbons (Fsp3) is 0.133. The molecule has 1 aromatic heterocycles. The van der Waals surface area contributed by atoms with Gasteiger partial charge in [-0.25, -0.2) is 4.39 Å². The predicted octanol–water partition coefficient (Wildman–Crippen LogP) is 2.21. The van der Waals surface area contributed by atoms with Gasteiger partial charge in [-0.15, -0.1) is 10.2 Å².